The Morgan fingerprint density at radius 3 is 2.37 bits per heavy atom. The Morgan fingerprint density at radius 1 is 1.03 bits per heavy atom. The number of rotatable bonds is 7. The van der Waals surface area contributed by atoms with Gasteiger partial charge in [-0.25, -0.2) is 0 Å². The summed E-state index contributed by atoms with van der Waals surface area (Å²) < 4.78 is 6.61. The standard InChI is InChI=1S/C29H38N4O5/c1-5-19(18-34)33-25-28(37)32(21-13-11-20(12-14-21)31(6-2)7-3)17-9-15-29(25)24(27(33)36)23-22(38-29)10-8-16-30(4)26(23)35/h8-15,19,22-25,34H,5-7,16-18H2,1-4H3/t19-,22+,23-,24-,25?,29-/m0/s1. The number of fused-ring (bicyclic) bond motifs is 2. The Hall–Kier alpha value is -3.17. The summed E-state index contributed by atoms with van der Waals surface area (Å²) in [7, 11) is 1.72. The van der Waals surface area contributed by atoms with Crippen molar-refractivity contribution in [1.82, 2.24) is 9.80 Å². The molecule has 3 amide bonds. The van der Waals surface area contributed by atoms with Crippen LogP contribution in [0.3, 0.4) is 0 Å². The number of hydrogen-bond acceptors (Lipinski definition) is 6. The van der Waals surface area contributed by atoms with Crippen molar-refractivity contribution in [3.63, 3.8) is 0 Å². The van der Waals surface area contributed by atoms with Crippen molar-refractivity contribution in [1.29, 1.82) is 0 Å². The maximum absolute atomic E-state index is 14.4. The number of carbonyl (C=O) groups excluding carboxylic acids is 3. The molecule has 9 nitrogen and oxygen atoms in total. The van der Waals surface area contributed by atoms with Crippen LogP contribution in [0.15, 0.2) is 48.6 Å². The maximum atomic E-state index is 14.4. The normalized spacial score (nSPS) is 31.2. The van der Waals surface area contributed by atoms with Crippen molar-refractivity contribution in [3.05, 3.63) is 48.6 Å². The monoisotopic (exact) mass is 522 g/mol. The molecule has 0 radical (unpaired) electrons. The second-order valence-corrected chi connectivity index (χ2v) is 10.5. The van der Waals surface area contributed by atoms with Gasteiger partial charge in [-0.3, -0.25) is 14.4 Å². The molecule has 4 aliphatic rings. The molecule has 1 unspecified atom stereocenters. The molecule has 5 rings (SSSR count). The Labute approximate surface area is 224 Å². The first kappa shape index (κ1) is 26.4. The van der Waals surface area contributed by atoms with E-state index in [0.29, 0.717) is 19.5 Å². The van der Waals surface area contributed by atoms with Gasteiger partial charge in [-0.05, 0) is 44.5 Å². The third kappa shape index (κ3) is 3.86. The van der Waals surface area contributed by atoms with Gasteiger partial charge in [0.15, 0.2) is 0 Å². The summed E-state index contributed by atoms with van der Waals surface area (Å²) in [5.41, 5.74) is 0.509. The number of amides is 3. The Balaban J connectivity index is 1.58. The van der Waals surface area contributed by atoms with E-state index in [-0.39, 0.29) is 24.3 Å². The van der Waals surface area contributed by atoms with Crippen LogP contribution in [0.4, 0.5) is 11.4 Å². The first-order chi connectivity index (χ1) is 18.3. The minimum Gasteiger partial charge on any atom is -0.394 e. The molecule has 4 aliphatic heterocycles. The molecule has 4 heterocycles. The summed E-state index contributed by atoms with van der Waals surface area (Å²) >= 11 is 0. The molecular formula is C29H38N4O5. The zero-order chi connectivity index (χ0) is 27.2. The highest BCUT2D eigenvalue weighted by molar-refractivity contribution is 6.06. The number of aliphatic hydroxyl groups excluding tert-OH is 1. The van der Waals surface area contributed by atoms with Gasteiger partial charge in [-0.2, -0.15) is 0 Å². The highest BCUT2D eigenvalue weighted by Gasteiger charge is 2.72. The van der Waals surface area contributed by atoms with E-state index in [0.717, 1.165) is 24.5 Å². The van der Waals surface area contributed by atoms with E-state index in [9.17, 15) is 19.5 Å². The second kappa shape index (κ2) is 10.2. The summed E-state index contributed by atoms with van der Waals surface area (Å²) in [4.78, 5) is 49.0. The van der Waals surface area contributed by atoms with Crippen molar-refractivity contribution < 1.29 is 24.2 Å². The topological polar surface area (TPSA) is 93.6 Å². The van der Waals surface area contributed by atoms with E-state index in [1.54, 1.807) is 16.8 Å². The molecule has 0 bridgehead atoms. The van der Waals surface area contributed by atoms with Gasteiger partial charge in [0, 0.05) is 44.6 Å². The summed E-state index contributed by atoms with van der Waals surface area (Å²) in [5.74, 6) is -2.32. The smallest absolute Gasteiger partial charge is 0.253 e. The van der Waals surface area contributed by atoms with Gasteiger partial charge in [0.25, 0.3) is 5.91 Å². The first-order valence-corrected chi connectivity index (χ1v) is 13.7. The van der Waals surface area contributed by atoms with Crippen molar-refractivity contribution in [2.45, 2.75) is 51.0 Å². The molecule has 1 aromatic carbocycles. The number of carbonyl (C=O) groups is 3. The van der Waals surface area contributed by atoms with Gasteiger partial charge < -0.3 is 29.4 Å². The fourth-order valence-corrected chi connectivity index (χ4v) is 6.67. The van der Waals surface area contributed by atoms with Crippen LogP contribution in [0.25, 0.3) is 0 Å². The maximum Gasteiger partial charge on any atom is 0.253 e. The van der Waals surface area contributed by atoms with Gasteiger partial charge in [-0.15, -0.1) is 0 Å². The van der Waals surface area contributed by atoms with Crippen LogP contribution < -0.4 is 9.80 Å². The molecular weight excluding hydrogens is 484 g/mol. The van der Waals surface area contributed by atoms with Crippen molar-refractivity contribution >= 4 is 29.1 Å². The minimum absolute atomic E-state index is 0.165. The SMILES string of the molecule is CC[C@@H](CO)N1C(=O)[C@@H]2[C@H]3C(=O)N(C)CC=C[C@H]3O[C@@]23C=CCN(c2ccc(N(CC)CC)cc2)C(=O)C13. The summed E-state index contributed by atoms with van der Waals surface area (Å²) in [6, 6.07) is 6.32. The average Bonchev–Trinajstić information content (AvgIpc) is 3.25. The fraction of sp³-hybridized carbons (Fsp3) is 0.552. The number of anilines is 2. The fourth-order valence-electron chi connectivity index (χ4n) is 6.67. The molecule has 1 N–H and O–H groups in total. The predicted molar refractivity (Wildman–Crippen MR) is 145 cm³/mol. The molecule has 204 valence electrons. The van der Waals surface area contributed by atoms with E-state index >= 15 is 0 Å². The molecule has 9 heteroatoms. The zero-order valence-corrected chi connectivity index (χ0v) is 22.6. The second-order valence-electron chi connectivity index (χ2n) is 10.5. The van der Waals surface area contributed by atoms with Crippen LogP contribution in [0.1, 0.15) is 27.2 Å². The summed E-state index contributed by atoms with van der Waals surface area (Å²) in [6.07, 6.45) is 7.32. The van der Waals surface area contributed by atoms with Crippen LogP contribution in [0.2, 0.25) is 0 Å². The van der Waals surface area contributed by atoms with Crippen molar-refractivity contribution in [3.8, 4) is 0 Å². The van der Waals surface area contributed by atoms with Crippen LogP contribution in [-0.4, -0.2) is 96.3 Å². The van der Waals surface area contributed by atoms with Crippen LogP contribution in [-0.2, 0) is 19.1 Å². The summed E-state index contributed by atoms with van der Waals surface area (Å²) in [6.45, 7) is 8.33. The van der Waals surface area contributed by atoms with Gasteiger partial charge in [0.2, 0.25) is 11.8 Å². The number of aliphatic hydroxyl groups is 1. The van der Waals surface area contributed by atoms with Crippen LogP contribution in [0.5, 0.6) is 0 Å². The Kier molecular flexibility index (Phi) is 7.09. The molecule has 2 fully saturated rings. The lowest BCUT2D eigenvalue weighted by molar-refractivity contribution is -0.146. The lowest BCUT2D eigenvalue weighted by Gasteiger charge is -2.38. The zero-order valence-electron chi connectivity index (χ0n) is 22.6. The van der Waals surface area contributed by atoms with Gasteiger partial charge >= 0.3 is 0 Å². The van der Waals surface area contributed by atoms with E-state index in [1.165, 1.54) is 4.90 Å². The summed E-state index contributed by atoms with van der Waals surface area (Å²) in [5, 5.41) is 10.2. The number of likely N-dealkylation sites (N-methyl/N-ethyl adjacent to an activating group) is 1. The van der Waals surface area contributed by atoms with Crippen LogP contribution >= 0.6 is 0 Å². The molecule has 6 atom stereocenters. The lowest BCUT2D eigenvalue weighted by atomic mass is 9.77. The number of benzene rings is 1. The predicted octanol–water partition coefficient (Wildman–Crippen LogP) is 1.82. The minimum atomic E-state index is -1.29. The van der Waals surface area contributed by atoms with Gasteiger partial charge in [0.05, 0.1) is 30.6 Å². The third-order valence-electron chi connectivity index (χ3n) is 8.66. The Bertz CT molecular complexity index is 1140. The highest BCUT2D eigenvalue weighted by Crippen LogP contribution is 2.54. The molecule has 0 saturated carbocycles. The molecule has 0 aromatic heterocycles. The first-order valence-electron chi connectivity index (χ1n) is 13.7. The van der Waals surface area contributed by atoms with E-state index in [1.807, 2.05) is 55.5 Å². The van der Waals surface area contributed by atoms with E-state index < -0.39 is 35.6 Å². The molecule has 0 aliphatic carbocycles. The van der Waals surface area contributed by atoms with Crippen LogP contribution in [0, 0.1) is 11.8 Å². The quantitative estimate of drug-likeness (QED) is 0.549. The number of ether oxygens (including phenoxy) is 1. The molecule has 1 aromatic rings. The van der Waals surface area contributed by atoms with Crippen molar-refractivity contribution in [2.24, 2.45) is 11.8 Å². The van der Waals surface area contributed by atoms with Gasteiger partial charge in [-0.1, -0.05) is 31.2 Å². The number of likely N-dealkylation sites (tertiary alicyclic amines) is 1. The van der Waals surface area contributed by atoms with E-state index in [4.69, 9.17) is 4.74 Å². The average molecular weight is 523 g/mol. The molecule has 1 spiro atoms. The Morgan fingerprint density at radius 2 is 1.74 bits per heavy atom. The van der Waals surface area contributed by atoms with E-state index in [2.05, 4.69) is 18.7 Å². The van der Waals surface area contributed by atoms with Gasteiger partial charge in [0.1, 0.15) is 11.6 Å². The number of nitrogens with zero attached hydrogens (tertiary/aromatic N) is 4. The lowest BCUT2D eigenvalue weighted by Crippen LogP contribution is -2.58. The molecule has 38 heavy (non-hydrogen) atoms. The third-order valence-corrected chi connectivity index (χ3v) is 8.66. The van der Waals surface area contributed by atoms with Crippen molar-refractivity contribution in [2.75, 3.05) is 49.6 Å². The molecule has 2 saturated heterocycles. The number of hydrogen-bond donors (Lipinski definition) is 1. The largest absolute Gasteiger partial charge is 0.394 e. The highest BCUT2D eigenvalue weighted by atomic mass is 16.5.